The van der Waals surface area contributed by atoms with E-state index in [0.29, 0.717) is 12.2 Å². The molecule has 1 aromatic rings. The quantitative estimate of drug-likeness (QED) is 0.836. The summed E-state index contributed by atoms with van der Waals surface area (Å²) in [7, 11) is 2.83. The van der Waals surface area contributed by atoms with Crippen molar-refractivity contribution >= 4 is 17.6 Å². The number of methoxy groups -OCH3 is 2. The van der Waals surface area contributed by atoms with Gasteiger partial charge in [-0.15, -0.1) is 0 Å². The van der Waals surface area contributed by atoms with Crippen molar-refractivity contribution in [2.75, 3.05) is 19.5 Å². The number of hydrogen-bond acceptors (Lipinski definition) is 4. The van der Waals surface area contributed by atoms with Gasteiger partial charge < -0.3 is 19.9 Å². The molecule has 1 amide bonds. The van der Waals surface area contributed by atoms with Crippen molar-refractivity contribution in [3.05, 3.63) is 17.7 Å². The van der Waals surface area contributed by atoms with Crippen LogP contribution in [-0.4, -0.2) is 31.2 Å². The summed E-state index contributed by atoms with van der Waals surface area (Å²) in [4.78, 5) is 23.0. The zero-order chi connectivity index (χ0) is 15.3. The van der Waals surface area contributed by atoms with Gasteiger partial charge >= 0.3 is 5.97 Å². The van der Waals surface area contributed by atoms with Crippen LogP contribution < -0.4 is 14.8 Å². The Morgan fingerprint density at radius 3 is 2.40 bits per heavy atom. The van der Waals surface area contributed by atoms with E-state index in [0.717, 1.165) is 0 Å². The summed E-state index contributed by atoms with van der Waals surface area (Å²) in [6.07, 6.45) is 0.684. The van der Waals surface area contributed by atoms with E-state index in [2.05, 4.69) is 5.32 Å². The molecule has 0 spiro atoms. The summed E-state index contributed by atoms with van der Waals surface area (Å²) in [5, 5.41) is 11.7. The molecule has 0 aliphatic rings. The van der Waals surface area contributed by atoms with Crippen molar-refractivity contribution in [1.82, 2.24) is 0 Å². The van der Waals surface area contributed by atoms with Crippen LogP contribution in [0, 0.1) is 5.92 Å². The highest BCUT2D eigenvalue weighted by Crippen LogP contribution is 2.36. The molecule has 0 aliphatic heterocycles. The maximum Gasteiger partial charge on any atom is 0.335 e. The number of amides is 1. The van der Waals surface area contributed by atoms with E-state index < -0.39 is 5.97 Å². The third kappa shape index (κ3) is 3.40. The second-order valence-corrected chi connectivity index (χ2v) is 4.36. The maximum absolute atomic E-state index is 11.9. The lowest BCUT2D eigenvalue weighted by Crippen LogP contribution is -2.20. The first-order valence-corrected chi connectivity index (χ1v) is 6.24. The molecule has 0 radical (unpaired) electrons. The topological polar surface area (TPSA) is 84.9 Å². The number of carboxylic acid groups (broad SMARTS) is 1. The summed E-state index contributed by atoms with van der Waals surface area (Å²) in [5.74, 6) is -0.930. The smallest absolute Gasteiger partial charge is 0.335 e. The Labute approximate surface area is 117 Å². The lowest BCUT2D eigenvalue weighted by molar-refractivity contribution is -0.119. The third-order valence-electron chi connectivity index (χ3n) is 3.04. The zero-order valence-electron chi connectivity index (χ0n) is 12.0. The molecule has 0 aliphatic carbocycles. The largest absolute Gasteiger partial charge is 0.493 e. The van der Waals surface area contributed by atoms with Crippen LogP contribution in [0.1, 0.15) is 30.6 Å². The molecule has 6 heteroatoms. The molecular weight excluding hydrogens is 262 g/mol. The van der Waals surface area contributed by atoms with Crippen LogP contribution in [0.5, 0.6) is 11.5 Å². The molecule has 0 heterocycles. The number of anilines is 1. The van der Waals surface area contributed by atoms with Gasteiger partial charge in [-0.3, -0.25) is 4.79 Å². The van der Waals surface area contributed by atoms with E-state index in [1.54, 1.807) is 6.92 Å². The number of hydrogen-bond donors (Lipinski definition) is 2. The first-order valence-electron chi connectivity index (χ1n) is 6.24. The van der Waals surface area contributed by atoms with Gasteiger partial charge in [0.1, 0.15) is 0 Å². The second kappa shape index (κ2) is 6.79. The molecule has 2 N–H and O–H groups in total. The van der Waals surface area contributed by atoms with Crippen LogP contribution in [0.25, 0.3) is 0 Å². The number of benzene rings is 1. The Balaban J connectivity index is 3.24. The SMILES string of the molecule is CCC(C)C(=O)Nc1cc(C(=O)O)cc(OC)c1OC. The first kappa shape index (κ1) is 15.8. The number of carbonyl (C=O) groups excluding carboxylic acids is 1. The maximum atomic E-state index is 11.9. The van der Waals surface area contributed by atoms with Crippen molar-refractivity contribution in [3.63, 3.8) is 0 Å². The van der Waals surface area contributed by atoms with Gasteiger partial charge in [0.05, 0.1) is 25.5 Å². The molecule has 0 bridgehead atoms. The molecule has 0 aromatic heterocycles. The highest BCUT2D eigenvalue weighted by atomic mass is 16.5. The van der Waals surface area contributed by atoms with Crippen LogP contribution in [-0.2, 0) is 4.79 Å². The fraction of sp³-hybridized carbons (Fsp3) is 0.429. The zero-order valence-corrected chi connectivity index (χ0v) is 12.0. The fourth-order valence-electron chi connectivity index (χ4n) is 1.62. The Morgan fingerprint density at radius 2 is 1.95 bits per heavy atom. The molecule has 6 nitrogen and oxygen atoms in total. The number of rotatable bonds is 6. The predicted octanol–water partition coefficient (Wildman–Crippen LogP) is 2.39. The molecule has 1 aromatic carbocycles. The van der Waals surface area contributed by atoms with E-state index in [4.69, 9.17) is 14.6 Å². The monoisotopic (exact) mass is 281 g/mol. The lowest BCUT2D eigenvalue weighted by Gasteiger charge is -2.16. The number of nitrogens with one attached hydrogen (secondary N) is 1. The van der Waals surface area contributed by atoms with Gasteiger partial charge in [0.15, 0.2) is 11.5 Å². The minimum absolute atomic E-state index is 0.0158. The molecular formula is C14H19NO5. The van der Waals surface area contributed by atoms with Crippen molar-refractivity contribution in [3.8, 4) is 11.5 Å². The number of aromatic carboxylic acids is 1. The molecule has 0 fully saturated rings. The van der Waals surface area contributed by atoms with Crippen LogP contribution >= 0.6 is 0 Å². The summed E-state index contributed by atoms with van der Waals surface area (Å²) in [6.45, 7) is 3.69. The van der Waals surface area contributed by atoms with E-state index in [1.165, 1.54) is 26.4 Å². The molecule has 0 saturated carbocycles. The third-order valence-corrected chi connectivity index (χ3v) is 3.04. The number of carbonyl (C=O) groups is 2. The van der Waals surface area contributed by atoms with E-state index in [9.17, 15) is 9.59 Å². The summed E-state index contributed by atoms with van der Waals surface area (Å²) < 4.78 is 10.3. The van der Waals surface area contributed by atoms with Crippen LogP contribution in [0.15, 0.2) is 12.1 Å². The summed E-state index contributed by atoms with van der Waals surface area (Å²) in [5.41, 5.74) is 0.302. The van der Waals surface area contributed by atoms with Crippen LogP contribution in [0.3, 0.4) is 0 Å². The normalized spacial score (nSPS) is 11.6. The van der Waals surface area contributed by atoms with Crippen molar-refractivity contribution in [2.45, 2.75) is 20.3 Å². The molecule has 110 valence electrons. The second-order valence-electron chi connectivity index (χ2n) is 4.36. The fourth-order valence-corrected chi connectivity index (χ4v) is 1.62. The van der Waals surface area contributed by atoms with Gasteiger partial charge in [-0.25, -0.2) is 4.79 Å². The van der Waals surface area contributed by atoms with Crippen LogP contribution in [0.2, 0.25) is 0 Å². The molecule has 0 saturated heterocycles. The Morgan fingerprint density at radius 1 is 1.30 bits per heavy atom. The van der Waals surface area contributed by atoms with E-state index in [-0.39, 0.29) is 28.8 Å². The van der Waals surface area contributed by atoms with Crippen LogP contribution in [0.4, 0.5) is 5.69 Å². The standard InChI is InChI=1S/C14H19NO5/c1-5-8(2)13(16)15-10-6-9(14(17)18)7-11(19-3)12(10)20-4/h6-8H,5H2,1-4H3,(H,15,16)(H,17,18). The minimum Gasteiger partial charge on any atom is -0.493 e. The van der Waals surface area contributed by atoms with Gasteiger partial charge in [0, 0.05) is 5.92 Å². The predicted molar refractivity (Wildman–Crippen MR) is 74.6 cm³/mol. The number of ether oxygens (including phenoxy) is 2. The lowest BCUT2D eigenvalue weighted by atomic mass is 10.1. The van der Waals surface area contributed by atoms with Crippen molar-refractivity contribution < 1.29 is 24.2 Å². The highest BCUT2D eigenvalue weighted by molar-refractivity contribution is 5.97. The Hall–Kier alpha value is -2.24. The Kier molecular flexibility index (Phi) is 5.37. The summed E-state index contributed by atoms with van der Waals surface area (Å²) in [6, 6.07) is 2.70. The first-order chi connectivity index (χ1) is 9.44. The van der Waals surface area contributed by atoms with Crippen molar-refractivity contribution in [2.24, 2.45) is 5.92 Å². The molecule has 1 unspecified atom stereocenters. The molecule has 1 atom stereocenters. The van der Waals surface area contributed by atoms with Gasteiger partial charge in [-0.05, 0) is 18.6 Å². The van der Waals surface area contributed by atoms with Gasteiger partial charge in [0.25, 0.3) is 0 Å². The molecule has 1 rings (SSSR count). The average Bonchev–Trinajstić information content (AvgIpc) is 2.44. The van der Waals surface area contributed by atoms with E-state index >= 15 is 0 Å². The van der Waals surface area contributed by atoms with Gasteiger partial charge in [0.2, 0.25) is 5.91 Å². The van der Waals surface area contributed by atoms with E-state index in [1.807, 2.05) is 6.92 Å². The summed E-state index contributed by atoms with van der Waals surface area (Å²) >= 11 is 0. The molecule has 20 heavy (non-hydrogen) atoms. The average molecular weight is 281 g/mol. The number of carboxylic acids is 1. The van der Waals surface area contributed by atoms with Gasteiger partial charge in [-0.1, -0.05) is 13.8 Å². The highest BCUT2D eigenvalue weighted by Gasteiger charge is 2.19. The minimum atomic E-state index is -1.11. The Bertz CT molecular complexity index is 513. The van der Waals surface area contributed by atoms with Gasteiger partial charge in [-0.2, -0.15) is 0 Å². The van der Waals surface area contributed by atoms with Crippen molar-refractivity contribution in [1.29, 1.82) is 0 Å².